The minimum Gasteiger partial charge on any atom is -0.497 e. The molecule has 0 saturated carbocycles. The molecule has 0 radical (unpaired) electrons. The van der Waals surface area contributed by atoms with Crippen molar-refractivity contribution in [3.63, 3.8) is 0 Å². The van der Waals surface area contributed by atoms with Crippen molar-refractivity contribution < 1.29 is 9.53 Å². The van der Waals surface area contributed by atoms with E-state index in [1.807, 2.05) is 23.1 Å². The van der Waals surface area contributed by atoms with Crippen molar-refractivity contribution in [1.82, 2.24) is 14.3 Å². The lowest BCUT2D eigenvalue weighted by molar-refractivity contribution is -0.133. The average Bonchev–Trinajstić information content (AvgIpc) is 3.19. The Morgan fingerprint density at radius 2 is 2.14 bits per heavy atom. The maximum Gasteiger partial charge on any atom is 0.222 e. The first-order valence-corrected chi connectivity index (χ1v) is 11.4. The summed E-state index contributed by atoms with van der Waals surface area (Å²) in [6.45, 7) is 6.72. The van der Waals surface area contributed by atoms with Crippen molar-refractivity contribution in [2.45, 2.75) is 58.4 Å². The molecule has 2 heterocycles. The van der Waals surface area contributed by atoms with E-state index in [0.717, 1.165) is 54.7 Å². The van der Waals surface area contributed by atoms with E-state index >= 15 is 0 Å². The van der Waals surface area contributed by atoms with Crippen LogP contribution in [0.15, 0.2) is 24.3 Å². The molecule has 1 amide bonds. The number of benzene rings is 1. The van der Waals surface area contributed by atoms with Crippen LogP contribution < -0.4 is 9.64 Å². The van der Waals surface area contributed by atoms with E-state index in [0.29, 0.717) is 18.7 Å². The Kier molecular flexibility index (Phi) is 7.86. The van der Waals surface area contributed by atoms with E-state index < -0.39 is 0 Å². The Morgan fingerprint density at radius 3 is 2.90 bits per heavy atom. The summed E-state index contributed by atoms with van der Waals surface area (Å²) >= 11 is 1.45. The minimum absolute atomic E-state index is 0.202. The van der Waals surface area contributed by atoms with Crippen LogP contribution in [0.25, 0.3) is 0 Å². The fourth-order valence-corrected chi connectivity index (χ4v) is 4.48. The molecule has 29 heavy (non-hydrogen) atoms. The van der Waals surface area contributed by atoms with Gasteiger partial charge in [-0.25, -0.2) is 4.98 Å². The third-order valence-corrected chi connectivity index (χ3v) is 6.23. The molecule has 0 spiro atoms. The number of carbonyl (C=O) groups excluding carboxylic acids is 1. The molecule has 3 rings (SSSR count). The lowest BCUT2D eigenvalue weighted by Gasteiger charge is -2.39. The molecular formula is C22H32N4O2S. The van der Waals surface area contributed by atoms with Crippen molar-refractivity contribution in [1.29, 1.82) is 0 Å². The van der Waals surface area contributed by atoms with E-state index in [9.17, 15) is 4.79 Å². The van der Waals surface area contributed by atoms with Gasteiger partial charge in [0, 0.05) is 50.1 Å². The van der Waals surface area contributed by atoms with Gasteiger partial charge >= 0.3 is 0 Å². The molecule has 1 saturated heterocycles. The second-order valence-corrected chi connectivity index (χ2v) is 8.44. The predicted molar refractivity (Wildman–Crippen MR) is 118 cm³/mol. The molecule has 1 aliphatic heterocycles. The zero-order chi connectivity index (χ0) is 20.6. The number of methoxy groups -OCH3 is 1. The Balaban J connectivity index is 1.53. The minimum atomic E-state index is 0.202. The summed E-state index contributed by atoms with van der Waals surface area (Å²) in [5, 5.41) is 0.949. The summed E-state index contributed by atoms with van der Waals surface area (Å²) in [6, 6.07) is 8.22. The second kappa shape index (κ2) is 10.6. The van der Waals surface area contributed by atoms with Gasteiger partial charge in [-0.1, -0.05) is 38.3 Å². The second-order valence-electron chi connectivity index (χ2n) is 7.71. The summed E-state index contributed by atoms with van der Waals surface area (Å²) < 4.78 is 9.84. The molecule has 1 aromatic carbocycles. The summed E-state index contributed by atoms with van der Waals surface area (Å²) in [5.41, 5.74) is 1.14. The molecule has 7 heteroatoms. The van der Waals surface area contributed by atoms with E-state index in [2.05, 4.69) is 29.2 Å². The first kappa shape index (κ1) is 21.6. The van der Waals surface area contributed by atoms with Gasteiger partial charge in [0.25, 0.3) is 0 Å². The van der Waals surface area contributed by atoms with Crippen LogP contribution in [0.4, 0.5) is 5.13 Å². The molecule has 0 bridgehead atoms. The smallest absolute Gasteiger partial charge is 0.222 e. The monoisotopic (exact) mass is 416 g/mol. The number of piperazine rings is 1. The number of anilines is 1. The number of aromatic nitrogens is 2. The first-order chi connectivity index (χ1) is 14.1. The third kappa shape index (κ3) is 5.92. The Morgan fingerprint density at radius 1 is 1.28 bits per heavy atom. The standard InChI is InChI=1S/C22H32N4O2S/c1-4-5-6-7-11-21(27)26-13-12-25(16-17(26)2)22-23-20(24-29-22)15-18-9-8-10-19(14-18)28-3/h8-10,14,17H,4-7,11-13,15-16H2,1-3H3/t17-/m1/s1. The van der Waals surface area contributed by atoms with E-state index in [4.69, 9.17) is 9.72 Å². The average molecular weight is 417 g/mol. The van der Waals surface area contributed by atoms with Gasteiger partial charge in [-0.05, 0) is 31.0 Å². The fraction of sp³-hybridized carbons (Fsp3) is 0.591. The molecule has 1 aromatic heterocycles. The van der Waals surface area contributed by atoms with Gasteiger partial charge in [-0.15, -0.1) is 0 Å². The molecule has 6 nitrogen and oxygen atoms in total. The van der Waals surface area contributed by atoms with Crippen molar-refractivity contribution in [3.05, 3.63) is 35.7 Å². The highest BCUT2D eigenvalue weighted by Crippen LogP contribution is 2.23. The SMILES string of the molecule is CCCCCCC(=O)N1CCN(c2nc(Cc3cccc(OC)c3)ns2)C[C@H]1C. The number of nitrogens with zero attached hydrogens (tertiary/aromatic N) is 4. The molecule has 0 aliphatic carbocycles. The predicted octanol–water partition coefficient (Wildman–Crippen LogP) is 4.15. The van der Waals surface area contributed by atoms with Gasteiger partial charge in [-0.3, -0.25) is 4.79 Å². The summed E-state index contributed by atoms with van der Waals surface area (Å²) in [6.07, 6.45) is 5.94. The number of amides is 1. The Bertz CT molecular complexity index is 795. The number of carbonyl (C=O) groups is 1. The van der Waals surface area contributed by atoms with E-state index in [-0.39, 0.29) is 6.04 Å². The van der Waals surface area contributed by atoms with Crippen molar-refractivity contribution in [3.8, 4) is 5.75 Å². The largest absolute Gasteiger partial charge is 0.497 e. The van der Waals surface area contributed by atoms with Crippen molar-refractivity contribution >= 4 is 22.6 Å². The van der Waals surface area contributed by atoms with Gasteiger partial charge in [0.1, 0.15) is 11.6 Å². The van der Waals surface area contributed by atoms with Crippen LogP contribution in [0, 0.1) is 0 Å². The highest BCUT2D eigenvalue weighted by molar-refractivity contribution is 7.09. The highest BCUT2D eigenvalue weighted by Gasteiger charge is 2.28. The summed E-state index contributed by atoms with van der Waals surface area (Å²) in [5.74, 6) is 1.98. The van der Waals surface area contributed by atoms with Gasteiger partial charge in [0.2, 0.25) is 11.0 Å². The Labute approximate surface area is 178 Å². The van der Waals surface area contributed by atoms with Crippen LogP contribution in [-0.2, 0) is 11.2 Å². The lowest BCUT2D eigenvalue weighted by atomic mass is 10.1. The first-order valence-electron chi connectivity index (χ1n) is 10.6. The van der Waals surface area contributed by atoms with Crippen LogP contribution in [0.3, 0.4) is 0 Å². The molecule has 158 valence electrons. The number of ether oxygens (including phenoxy) is 1. The number of unbranched alkanes of at least 4 members (excludes halogenated alkanes) is 3. The van der Waals surface area contributed by atoms with Crippen molar-refractivity contribution in [2.75, 3.05) is 31.6 Å². The zero-order valence-corrected chi connectivity index (χ0v) is 18.6. The van der Waals surface area contributed by atoms with Gasteiger partial charge < -0.3 is 14.5 Å². The summed E-state index contributed by atoms with van der Waals surface area (Å²) in [7, 11) is 1.68. The van der Waals surface area contributed by atoms with Gasteiger partial charge in [-0.2, -0.15) is 4.37 Å². The van der Waals surface area contributed by atoms with Crippen LogP contribution in [-0.4, -0.2) is 53.0 Å². The number of hydrogen-bond acceptors (Lipinski definition) is 6. The highest BCUT2D eigenvalue weighted by atomic mass is 32.1. The van der Waals surface area contributed by atoms with Crippen LogP contribution in [0.1, 0.15) is 57.3 Å². The molecule has 0 unspecified atom stereocenters. The molecule has 0 N–H and O–H groups in total. The molecule has 1 fully saturated rings. The third-order valence-electron chi connectivity index (χ3n) is 5.42. The van der Waals surface area contributed by atoms with Crippen LogP contribution >= 0.6 is 11.5 Å². The molecule has 2 aromatic rings. The zero-order valence-electron chi connectivity index (χ0n) is 17.8. The number of hydrogen-bond donors (Lipinski definition) is 0. The lowest BCUT2D eigenvalue weighted by Crippen LogP contribution is -2.54. The molecule has 1 aliphatic rings. The maximum absolute atomic E-state index is 12.5. The van der Waals surface area contributed by atoms with Crippen LogP contribution in [0.5, 0.6) is 5.75 Å². The number of rotatable bonds is 9. The molecular weight excluding hydrogens is 384 g/mol. The normalized spacial score (nSPS) is 16.9. The van der Waals surface area contributed by atoms with E-state index in [1.54, 1.807) is 7.11 Å². The molecule has 1 atom stereocenters. The topological polar surface area (TPSA) is 58.6 Å². The Hall–Kier alpha value is -2.15. The van der Waals surface area contributed by atoms with Crippen molar-refractivity contribution in [2.24, 2.45) is 0 Å². The summed E-state index contributed by atoms with van der Waals surface area (Å²) in [4.78, 5) is 21.6. The van der Waals surface area contributed by atoms with Gasteiger partial charge in [0.15, 0.2) is 0 Å². The van der Waals surface area contributed by atoms with E-state index in [1.165, 1.54) is 24.4 Å². The maximum atomic E-state index is 12.5. The van der Waals surface area contributed by atoms with Gasteiger partial charge in [0.05, 0.1) is 7.11 Å². The quantitative estimate of drug-likeness (QED) is 0.575. The van der Waals surface area contributed by atoms with Crippen LogP contribution in [0.2, 0.25) is 0 Å². The fourth-order valence-electron chi connectivity index (χ4n) is 3.76.